The van der Waals surface area contributed by atoms with E-state index < -0.39 is 5.97 Å². The summed E-state index contributed by atoms with van der Waals surface area (Å²) in [7, 11) is 1.32. The second-order valence-corrected chi connectivity index (χ2v) is 6.34. The van der Waals surface area contributed by atoms with Crippen LogP contribution in [0.25, 0.3) is 17.7 Å². The van der Waals surface area contributed by atoms with Crippen LogP contribution in [0.4, 0.5) is 4.39 Å². The van der Waals surface area contributed by atoms with Crippen molar-refractivity contribution in [2.24, 2.45) is 0 Å². The molecule has 3 rings (SSSR count). The number of hydrogen-bond donors (Lipinski definition) is 1. The van der Waals surface area contributed by atoms with Crippen LogP contribution in [-0.4, -0.2) is 25.0 Å². The zero-order valence-electron chi connectivity index (χ0n) is 14.9. The van der Waals surface area contributed by atoms with Crippen LogP contribution in [0.2, 0.25) is 0 Å². The fraction of sp³-hybridized carbons (Fsp3) is 0.182. The first-order valence-electron chi connectivity index (χ1n) is 8.70. The van der Waals surface area contributed by atoms with Crippen molar-refractivity contribution in [1.82, 2.24) is 5.32 Å². The minimum absolute atomic E-state index is 0.168. The Balaban J connectivity index is 1.85. The summed E-state index contributed by atoms with van der Waals surface area (Å²) in [5, 5.41) is 2.97. The fourth-order valence-corrected chi connectivity index (χ4v) is 2.50. The van der Waals surface area contributed by atoms with Crippen molar-refractivity contribution in [3.63, 3.8) is 0 Å². The Kier molecular flexibility index (Phi) is 5.81. The molecule has 0 atom stereocenters. The van der Waals surface area contributed by atoms with Crippen LogP contribution in [0, 0.1) is 5.82 Å². The molecular formula is C22H20FNO3. The largest absolute Gasteiger partial charge is 0.466 e. The Morgan fingerprint density at radius 2 is 1.67 bits per heavy atom. The highest BCUT2D eigenvalue weighted by Crippen LogP contribution is 2.24. The molecule has 0 unspecified atom stereocenters. The first kappa shape index (κ1) is 18.6. The average Bonchev–Trinajstić information content (AvgIpc) is 3.50. The van der Waals surface area contributed by atoms with Gasteiger partial charge in [0.25, 0.3) is 5.91 Å². The van der Waals surface area contributed by atoms with E-state index in [1.54, 1.807) is 24.3 Å². The van der Waals surface area contributed by atoms with Gasteiger partial charge in [-0.1, -0.05) is 36.4 Å². The number of ether oxygens (including phenoxy) is 1. The molecule has 1 aliphatic carbocycles. The van der Waals surface area contributed by atoms with Gasteiger partial charge in [0, 0.05) is 17.7 Å². The smallest absolute Gasteiger partial charge is 0.330 e. The molecule has 0 aromatic heterocycles. The van der Waals surface area contributed by atoms with Gasteiger partial charge >= 0.3 is 5.97 Å². The van der Waals surface area contributed by atoms with Crippen molar-refractivity contribution in [2.75, 3.05) is 7.11 Å². The molecule has 1 N–H and O–H groups in total. The standard InChI is InChI=1S/C22H20FNO3/c1-27-21(25)13-6-15-2-4-16(5-3-15)14-20(22(26)24-19-11-12-19)17-7-9-18(23)10-8-17/h2-10,13-14,19H,11-12H2,1H3,(H,24,26)/b13-6?,20-14+. The van der Waals surface area contributed by atoms with Crippen LogP contribution < -0.4 is 5.32 Å². The molecule has 0 radical (unpaired) electrons. The Morgan fingerprint density at radius 1 is 1.04 bits per heavy atom. The number of carbonyl (C=O) groups excluding carboxylic acids is 2. The molecular weight excluding hydrogens is 345 g/mol. The molecule has 2 aromatic rings. The number of benzene rings is 2. The van der Waals surface area contributed by atoms with Crippen LogP contribution in [0.5, 0.6) is 0 Å². The number of halogens is 1. The number of methoxy groups -OCH3 is 1. The van der Waals surface area contributed by atoms with E-state index in [9.17, 15) is 14.0 Å². The van der Waals surface area contributed by atoms with Crippen molar-refractivity contribution in [1.29, 1.82) is 0 Å². The van der Waals surface area contributed by atoms with E-state index in [1.165, 1.54) is 25.3 Å². The highest BCUT2D eigenvalue weighted by atomic mass is 19.1. The molecule has 0 heterocycles. The van der Waals surface area contributed by atoms with Gasteiger partial charge < -0.3 is 10.1 Å². The molecule has 1 fully saturated rings. The monoisotopic (exact) mass is 365 g/mol. The maximum atomic E-state index is 13.2. The van der Waals surface area contributed by atoms with E-state index in [2.05, 4.69) is 10.1 Å². The molecule has 1 saturated carbocycles. The topological polar surface area (TPSA) is 55.4 Å². The summed E-state index contributed by atoms with van der Waals surface area (Å²) in [4.78, 5) is 23.8. The first-order chi connectivity index (χ1) is 13.0. The summed E-state index contributed by atoms with van der Waals surface area (Å²) in [5.41, 5.74) is 2.81. The Hall–Kier alpha value is -3.21. The highest BCUT2D eigenvalue weighted by molar-refractivity contribution is 6.24. The van der Waals surface area contributed by atoms with Gasteiger partial charge in [-0.15, -0.1) is 0 Å². The van der Waals surface area contributed by atoms with E-state index in [0.717, 1.165) is 24.0 Å². The van der Waals surface area contributed by atoms with Gasteiger partial charge in [0.05, 0.1) is 7.11 Å². The van der Waals surface area contributed by atoms with E-state index >= 15 is 0 Å². The second kappa shape index (κ2) is 8.45. The van der Waals surface area contributed by atoms with Crippen molar-refractivity contribution >= 4 is 29.6 Å². The summed E-state index contributed by atoms with van der Waals surface area (Å²) in [6.07, 6.45) is 6.75. The quantitative estimate of drug-likeness (QED) is 0.481. The molecule has 0 spiro atoms. The third-order valence-corrected chi connectivity index (χ3v) is 4.17. The number of rotatable bonds is 6. The predicted octanol–water partition coefficient (Wildman–Crippen LogP) is 3.83. The lowest BCUT2D eigenvalue weighted by atomic mass is 10.0. The average molecular weight is 365 g/mol. The SMILES string of the molecule is COC(=O)C=Cc1ccc(/C=C(/C(=O)NC2CC2)c2ccc(F)cc2)cc1. The molecule has 2 aromatic carbocycles. The molecule has 5 heteroatoms. The molecule has 0 saturated heterocycles. The molecule has 4 nitrogen and oxygen atoms in total. The maximum absolute atomic E-state index is 13.2. The zero-order valence-corrected chi connectivity index (χ0v) is 14.9. The van der Waals surface area contributed by atoms with Crippen molar-refractivity contribution in [3.05, 3.63) is 77.1 Å². The van der Waals surface area contributed by atoms with Crippen molar-refractivity contribution < 1.29 is 18.7 Å². The number of amides is 1. The van der Waals surface area contributed by atoms with Crippen molar-refractivity contribution in [2.45, 2.75) is 18.9 Å². The highest BCUT2D eigenvalue weighted by Gasteiger charge is 2.25. The molecule has 138 valence electrons. The number of carbonyl (C=O) groups is 2. The zero-order chi connectivity index (χ0) is 19.2. The van der Waals surface area contributed by atoms with Gasteiger partial charge in [-0.3, -0.25) is 4.79 Å². The number of nitrogens with one attached hydrogen (secondary N) is 1. The third-order valence-electron chi connectivity index (χ3n) is 4.17. The lowest BCUT2D eigenvalue weighted by Gasteiger charge is -2.09. The van der Waals surface area contributed by atoms with Gasteiger partial charge in [-0.25, -0.2) is 9.18 Å². The lowest BCUT2D eigenvalue weighted by molar-refractivity contribution is -0.134. The van der Waals surface area contributed by atoms with Gasteiger partial charge in [-0.05, 0) is 53.8 Å². The molecule has 27 heavy (non-hydrogen) atoms. The summed E-state index contributed by atoms with van der Waals surface area (Å²) in [6.45, 7) is 0. The number of esters is 1. The Labute approximate surface area is 157 Å². The van der Waals surface area contributed by atoms with Crippen LogP contribution in [-0.2, 0) is 14.3 Å². The second-order valence-electron chi connectivity index (χ2n) is 6.34. The van der Waals surface area contributed by atoms with E-state index in [4.69, 9.17) is 0 Å². The Bertz CT molecular complexity index is 879. The van der Waals surface area contributed by atoms with Crippen LogP contribution in [0.15, 0.2) is 54.6 Å². The van der Waals surface area contributed by atoms with E-state index in [1.807, 2.05) is 24.3 Å². The van der Waals surface area contributed by atoms with Crippen molar-refractivity contribution in [3.8, 4) is 0 Å². The summed E-state index contributed by atoms with van der Waals surface area (Å²) >= 11 is 0. The van der Waals surface area contributed by atoms with E-state index in [-0.39, 0.29) is 17.8 Å². The lowest BCUT2D eigenvalue weighted by Crippen LogP contribution is -2.26. The maximum Gasteiger partial charge on any atom is 0.330 e. The van der Waals surface area contributed by atoms with E-state index in [0.29, 0.717) is 11.1 Å². The predicted molar refractivity (Wildman–Crippen MR) is 103 cm³/mol. The first-order valence-corrected chi connectivity index (χ1v) is 8.70. The summed E-state index contributed by atoms with van der Waals surface area (Å²) in [6, 6.07) is 13.5. The minimum atomic E-state index is -0.422. The Morgan fingerprint density at radius 3 is 2.26 bits per heavy atom. The molecule has 0 bridgehead atoms. The molecule has 1 amide bonds. The van der Waals surface area contributed by atoms with Crippen LogP contribution in [0.1, 0.15) is 29.5 Å². The van der Waals surface area contributed by atoms with Gasteiger partial charge in [0.1, 0.15) is 5.82 Å². The molecule has 1 aliphatic rings. The van der Waals surface area contributed by atoms with Gasteiger partial charge in [0.15, 0.2) is 0 Å². The van der Waals surface area contributed by atoms with Crippen LogP contribution in [0.3, 0.4) is 0 Å². The number of hydrogen-bond acceptors (Lipinski definition) is 3. The van der Waals surface area contributed by atoms with Gasteiger partial charge in [0.2, 0.25) is 0 Å². The molecule has 0 aliphatic heterocycles. The minimum Gasteiger partial charge on any atom is -0.466 e. The van der Waals surface area contributed by atoms with Crippen LogP contribution >= 0.6 is 0 Å². The normalized spacial score (nSPS) is 14.2. The van der Waals surface area contributed by atoms with Gasteiger partial charge in [-0.2, -0.15) is 0 Å². The fourth-order valence-electron chi connectivity index (χ4n) is 2.50. The third kappa shape index (κ3) is 5.38. The summed E-state index contributed by atoms with van der Waals surface area (Å²) in [5.74, 6) is -0.935. The summed E-state index contributed by atoms with van der Waals surface area (Å²) < 4.78 is 17.8.